The molecule has 0 saturated carbocycles. The molecule has 1 amide bonds. The Morgan fingerprint density at radius 1 is 1.41 bits per heavy atom. The van der Waals surface area contributed by atoms with Gasteiger partial charge < -0.3 is 15.2 Å². The molecule has 0 aliphatic carbocycles. The van der Waals surface area contributed by atoms with Crippen molar-refractivity contribution in [2.24, 2.45) is 5.41 Å². The highest BCUT2D eigenvalue weighted by Gasteiger charge is 2.30. The van der Waals surface area contributed by atoms with Crippen molar-refractivity contribution < 1.29 is 28.2 Å². The van der Waals surface area contributed by atoms with Crippen LogP contribution in [-0.2, 0) is 16.1 Å². The summed E-state index contributed by atoms with van der Waals surface area (Å²) in [6.45, 7) is -0.266. The smallest absolute Gasteiger partial charge is 0.387 e. The van der Waals surface area contributed by atoms with Crippen molar-refractivity contribution in [2.75, 3.05) is 0 Å². The molecule has 0 atom stereocenters. The SMILES string of the molecule is CC(C)(CC(=O)NCc1cc(Cl)ccc1OC(F)F)C(=O)O. The Labute approximate surface area is 131 Å². The maximum atomic E-state index is 12.3. The first-order valence-corrected chi connectivity index (χ1v) is 6.73. The number of rotatable bonds is 7. The lowest BCUT2D eigenvalue weighted by Gasteiger charge is -2.18. The number of amides is 1. The Bertz CT molecular complexity index is 564. The van der Waals surface area contributed by atoms with E-state index >= 15 is 0 Å². The lowest BCUT2D eigenvalue weighted by atomic mass is 9.89. The van der Waals surface area contributed by atoms with Gasteiger partial charge in [-0.15, -0.1) is 0 Å². The van der Waals surface area contributed by atoms with E-state index in [2.05, 4.69) is 10.1 Å². The van der Waals surface area contributed by atoms with Crippen molar-refractivity contribution in [3.05, 3.63) is 28.8 Å². The zero-order chi connectivity index (χ0) is 16.9. The number of benzene rings is 1. The Kier molecular flexibility index (Phi) is 6.11. The van der Waals surface area contributed by atoms with Crippen LogP contribution in [0.3, 0.4) is 0 Å². The van der Waals surface area contributed by atoms with Gasteiger partial charge in [-0.25, -0.2) is 0 Å². The predicted octanol–water partition coefficient (Wildman–Crippen LogP) is 3.06. The largest absolute Gasteiger partial charge is 0.481 e. The van der Waals surface area contributed by atoms with E-state index in [9.17, 15) is 18.4 Å². The van der Waals surface area contributed by atoms with Crippen LogP contribution in [0.1, 0.15) is 25.8 Å². The van der Waals surface area contributed by atoms with Crippen LogP contribution < -0.4 is 10.1 Å². The minimum Gasteiger partial charge on any atom is -0.481 e. The van der Waals surface area contributed by atoms with Gasteiger partial charge in [0.05, 0.1) is 5.41 Å². The number of carbonyl (C=O) groups is 2. The molecule has 0 spiro atoms. The van der Waals surface area contributed by atoms with E-state index in [0.717, 1.165) is 0 Å². The molecule has 0 radical (unpaired) electrons. The van der Waals surface area contributed by atoms with E-state index < -0.39 is 23.9 Å². The topological polar surface area (TPSA) is 75.6 Å². The third kappa shape index (κ3) is 5.48. The second-order valence-corrected chi connectivity index (χ2v) is 5.71. The summed E-state index contributed by atoms with van der Waals surface area (Å²) in [5, 5.41) is 11.7. The van der Waals surface area contributed by atoms with Gasteiger partial charge in [0.25, 0.3) is 0 Å². The molecular weight excluding hydrogens is 320 g/mol. The van der Waals surface area contributed by atoms with Gasteiger partial charge in [0.1, 0.15) is 5.75 Å². The molecule has 8 heteroatoms. The van der Waals surface area contributed by atoms with Crippen molar-refractivity contribution in [1.29, 1.82) is 0 Å². The lowest BCUT2D eigenvalue weighted by molar-refractivity contribution is -0.149. The Hall–Kier alpha value is -1.89. The van der Waals surface area contributed by atoms with Gasteiger partial charge >= 0.3 is 12.6 Å². The second kappa shape index (κ2) is 7.40. The molecule has 0 unspecified atom stereocenters. The molecule has 1 aromatic rings. The van der Waals surface area contributed by atoms with Crippen LogP contribution in [0.4, 0.5) is 8.78 Å². The lowest BCUT2D eigenvalue weighted by Crippen LogP contribution is -2.33. The number of aliphatic carboxylic acids is 1. The molecule has 0 aliphatic heterocycles. The van der Waals surface area contributed by atoms with E-state index in [0.29, 0.717) is 5.02 Å². The minimum absolute atomic E-state index is 0.0998. The summed E-state index contributed by atoms with van der Waals surface area (Å²) in [6, 6.07) is 4.05. The first-order chi connectivity index (χ1) is 10.1. The fraction of sp³-hybridized carbons (Fsp3) is 0.429. The van der Waals surface area contributed by atoms with E-state index in [-0.39, 0.29) is 24.3 Å². The number of hydrogen-bond donors (Lipinski definition) is 2. The van der Waals surface area contributed by atoms with Gasteiger partial charge in [-0.3, -0.25) is 9.59 Å². The van der Waals surface area contributed by atoms with Crippen molar-refractivity contribution in [1.82, 2.24) is 5.32 Å². The van der Waals surface area contributed by atoms with Crippen LogP contribution in [0.2, 0.25) is 5.02 Å². The first-order valence-electron chi connectivity index (χ1n) is 6.35. The molecule has 22 heavy (non-hydrogen) atoms. The summed E-state index contributed by atoms with van der Waals surface area (Å²) < 4.78 is 28.9. The van der Waals surface area contributed by atoms with E-state index in [1.165, 1.54) is 32.0 Å². The molecule has 0 heterocycles. The van der Waals surface area contributed by atoms with E-state index in [1.54, 1.807) is 0 Å². The minimum atomic E-state index is -3.00. The Morgan fingerprint density at radius 2 is 2.05 bits per heavy atom. The van der Waals surface area contributed by atoms with Gasteiger partial charge in [0.2, 0.25) is 5.91 Å². The van der Waals surface area contributed by atoms with E-state index in [4.69, 9.17) is 16.7 Å². The average Bonchev–Trinajstić information content (AvgIpc) is 2.37. The zero-order valence-electron chi connectivity index (χ0n) is 12.0. The third-order valence-electron chi connectivity index (χ3n) is 2.90. The Balaban J connectivity index is 2.73. The van der Waals surface area contributed by atoms with Crippen LogP contribution in [0.15, 0.2) is 18.2 Å². The number of carbonyl (C=O) groups excluding carboxylic acids is 1. The van der Waals surface area contributed by atoms with Gasteiger partial charge in [-0.2, -0.15) is 8.78 Å². The molecule has 122 valence electrons. The second-order valence-electron chi connectivity index (χ2n) is 5.27. The van der Waals surface area contributed by atoms with Crippen molar-refractivity contribution >= 4 is 23.5 Å². The number of hydrogen-bond acceptors (Lipinski definition) is 3. The maximum absolute atomic E-state index is 12.3. The van der Waals surface area contributed by atoms with E-state index in [1.807, 2.05) is 0 Å². The summed E-state index contributed by atoms with van der Waals surface area (Å²) in [5.41, 5.74) is -0.949. The molecule has 0 aromatic heterocycles. The maximum Gasteiger partial charge on any atom is 0.387 e. The molecule has 0 saturated heterocycles. The highest BCUT2D eigenvalue weighted by atomic mass is 35.5. The van der Waals surface area contributed by atoms with Crippen LogP contribution in [-0.4, -0.2) is 23.6 Å². The van der Waals surface area contributed by atoms with Gasteiger partial charge in [0.15, 0.2) is 0 Å². The highest BCUT2D eigenvalue weighted by molar-refractivity contribution is 6.30. The predicted molar refractivity (Wildman–Crippen MR) is 76.0 cm³/mol. The van der Waals surface area contributed by atoms with Crippen molar-refractivity contribution in [2.45, 2.75) is 33.4 Å². The fourth-order valence-corrected chi connectivity index (χ4v) is 1.83. The van der Waals surface area contributed by atoms with Crippen LogP contribution in [0.5, 0.6) is 5.75 Å². The number of ether oxygens (including phenoxy) is 1. The number of carboxylic acid groups (broad SMARTS) is 1. The van der Waals surface area contributed by atoms with Gasteiger partial charge in [-0.1, -0.05) is 11.6 Å². The summed E-state index contributed by atoms with van der Waals surface area (Å²) in [4.78, 5) is 22.7. The molecule has 0 bridgehead atoms. The third-order valence-corrected chi connectivity index (χ3v) is 3.13. The number of halogens is 3. The average molecular weight is 336 g/mol. The number of nitrogens with one attached hydrogen (secondary N) is 1. The quantitative estimate of drug-likeness (QED) is 0.803. The number of alkyl halides is 2. The standard InChI is InChI=1S/C14H16ClF2NO4/c1-14(2,12(20)21)6-11(19)18-7-8-5-9(15)3-4-10(8)22-13(16)17/h3-5,13H,6-7H2,1-2H3,(H,18,19)(H,20,21). The molecule has 2 N–H and O–H groups in total. The summed E-state index contributed by atoms with van der Waals surface area (Å²) in [7, 11) is 0. The first kappa shape index (κ1) is 18.2. The fourth-order valence-electron chi connectivity index (χ4n) is 1.63. The molecule has 0 fully saturated rings. The van der Waals surface area contributed by atoms with Crippen molar-refractivity contribution in [3.63, 3.8) is 0 Å². The van der Waals surface area contributed by atoms with Crippen LogP contribution in [0.25, 0.3) is 0 Å². The molecule has 5 nitrogen and oxygen atoms in total. The van der Waals surface area contributed by atoms with Crippen LogP contribution in [0, 0.1) is 5.41 Å². The summed E-state index contributed by atoms with van der Waals surface area (Å²) in [6.07, 6.45) is -0.242. The molecule has 1 rings (SSSR count). The molecular formula is C14H16ClF2NO4. The molecule has 0 aliphatic rings. The summed E-state index contributed by atoms with van der Waals surface area (Å²) >= 11 is 5.78. The highest BCUT2D eigenvalue weighted by Crippen LogP contribution is 2.25. The van der Waals surface area contributed by atoms with Crippen molar-refractivity contribution in [3.8, 4) is 5.75 Å². The molecule has 1 aromatic carbocycles. The number of carboxylic acids is 1. The monoisotopic (exact) mass is 335 g/mol. The zero-order valence-corrected chi connectivity index (χ0v) is 12.8. The summed E-state index contributed by atoms with van der Waals surface area (Å²) in [5.74, 6) is -1.72. The van der Waals surface area contributed by atoms with Gasteiger partial charge in [0, 0.05) is 23.6 Å². The Morgan fingerprint density at radius 3 is 2.59 bits per heavy atom. The van der Waals surface area contributed by atoms with Crippen LogP contribution >= 0.6 is 11.6 Å². The van der Waals surface area contributed by atoms with Gasteiger partial charge in [-0.05, 0) is 32.0 Å². The normalized spacial score (nSPS) is 11.4.